The SMILES string of the molecule is CN(C)C(Cc1ccc(O[Si](C)(C)C(C)(C)C)cc1Cl)CN1C(=O)c2ccccc2C1=O. The smallest absolute Gasteiger partial charge is 0.261 e. The molecule has 0 aromatic heterocycles. The van der Waals surface area contributed by atoms with Gasteiger partial charge in [0.15, 0.2) is 0 Å². The standard InChI is InChI=1S/C25H33ClN2O3Si/c1-25(2,3)32(6,7)31-19-13-12-17(22(26)15-19)14-18(27(4)5)16-28-23(29)20-10-8-9-11-21(20)24(28)30/h8-13,15,18H,14,16H2,1-7H3. The molecule has 3 rings (SSSR count). The molecule has 1 unspecified atom stereocenters. The lowest BCUT2D eigenvalue weighted by Gasteiger charge is -2.36. The number of halogens is 1. The van der Waals surface area contributed by atoms with Crippen LogP contribution in [0.1, 0.15) is 47.1 Å². The van der Waals surface area contributed by atoms with Crippen LogP contribution in [0.5, 0.6) is 5.75 Å². The summed E-state index contributed by atoms with van der Waals surface area (Å²) in [6.07, 6.45) is 0.611. The molecule has 1 aliphatic rings. The zero-order valence-corrected chi connectivity index (χ0v) is 21.8. The molecule has 2 aromatic rings. The molecule has 1 atom stereocenters. The zero-order chi connectivity index (χ0) is 23.8. The van der Waals surface area contributed by atoms with Gasteiger partial charge in [-0.3, -0.25) is 14.5 Å². The van der Waals surface area contributed by atoms with Gasteiger partial charge in [-0.1, -0.05) is 50.6 Å². The largest absolute Gasteiger partial charge is 0.543 e. The van der Waals surface area contributed by atoms with Crippen molar-refractivity contribution < 1.29 is 14.0 Å². The summed E-state index contributed by atoms with van der Waals surface area (Å²) >= 11 is 6.64. The number of hydrogen-bond donors (Lipinski definition) is 0. The van der Waals surface area contributed by atoms with E-state index in [9.17, 15) is 9.59 Å². The van der Waals surface area contributed by atoms with Crippen molar-refractivity contribution in [2.45, 2.75) is 51.4 Å². The Morgan fingerprint density at radius 2 is 1.59 bits per heavy atom. The van der Waals surface area contributed by atoms with Gasteiger partial charge in [0.1, 0.15) is 5.75 Å². The van der Waals surface area contributed by atoms with E-state index in [0.717, 1.165) is 11.3 Å². The molecule has 2 amide bonds. The van der Waals surface area contributed by atoms with Crippen molar-refractivity contribution in [3.8, 4) is 5.75 Å². The number of carbonyl (C=O) groups excluding carboxylic acids is 2. The van der Waals surface area contributed by atoms with E-state index in [1.54, 1.807) is 24.3 Å². The molecule has 0 saturated carbocycles. The van der Waals surface area contributed by atoms with Gasteiger partial charge >= 0.3 is 0 Å². The molecule has 1 aliphatic heterocycles. The van der Waals surface area contributed by atoms with Crippen LogP contribution in [0, 0.1) is 0 Å². The summed E-state index contributed by atoms with van der Waals surface area (Å²) in [7, 11) is 1.94. The van der Waals surface area contributed by atoms with Crippen molar-refractivity contribution in [2.24, 2.45) is 0 Å². The molecule has 1 heterocycles. The minimum absolute atomic E-state index is 0.0677. The van der Waals surface area contributed by atoms with Gasteiger partial charge in [0.05, 0.1) is 11.1 Å². The second kappa shape index (κ2) is 9.00. The summed E-state index contributed by atoms with van der Waals surface area (Å²) in [5.74, 6) is 0.315. The first-order valence-corrected chi connectivity index (χ1v) is 14.2. The Kier molecular flexibility index (Phi) is 6.89. The third kappa shape index (κ3) is 4.92. The van der Waals surface area contributed by atoms with Crippen LogP contribution in [0.4, 0.5) is 0 Å². The van der Waals surface area contributed by atoms with Crippen LogP contribution >= 0.6 is 11.6 Å². The van der Waals surface area contributed by atoms with Crippen molar-refractivity contribution in [1.29, 1.82) is 0 Å². The second-order valence-corrected chi connectivity index (χ2v) is 15.3. The molecule has 0 radical (unpaired) electrons. The average Bonchev–Trinajstić information content (AvgIpc) is 2.93. The number of amides is 2. The fourth-order valence-corrected chi connectivity index (χ4v) is 4.75. The number of benzene rings is 2. The van der Waals surface area contributed by atoms with Gasteiger partial charge in [-0.25, -0.2) is 0 Å². The molecule has 2 aromatic carbocycles. The first kappa shape index (κ1) is 24.5. The molecule has 7 heteroatoms. The molecular weight excluding hydrogens is 440 g/mol. The van der Waals surface area contributed by atoms with Crippen LogP contribution in [0.2, 0.25) is 23.2 Å². The molecule has 0 spiro atoms. The van der Waals surface area contributed by atoms with Crippen molar-refractivity contribution >= 4 is 31.7 Å². The molecule has 32 heavy (non-hydrogen) atoms. The fourth-order valence-electron chi connectivity index (χ4n) is 3.48. The van der Waals surface area contributed by atoms with E-state index in [1.807, 2.05) is 37.2 Å². The molecule has 0 bridgehead atoms. The van der Waals surface area contributed by atoms with E-state index in [2.05, 4.69) is 33.9 Å². The van der Waals surface area contributed by atoms with Gasteiger partial charge < -0.3 is 9.33 Å². The Hall–Kier alpha value is -2.15. The highest BCUT2D eigenvalue weighted by Crippen LogP contribution is 2.38. The van der Waals surface area contributed by atoms with E-state index in [4.69, 9.17) is 16.0 Å². The minimum atomic E-state index is -1.96. The molecule has 5 nitrogen and oxygen atoms in total. The predicted octanol–water partition coefficient (Wildman–Crippen LogP) is 5.49. The Bertz CT molecular complexity index is 995. The molecule has 172 valence electrons. The maximum absolute atomic E-state index is 12.8. The predicted molar refractivity (Wildman–Crippen MR) is 132 cm³/mol. The minimum Gasteiger partial charge on any atom is -0.543 e. The summed E-state index contributed by atoms with van der Waals surface area (Å²) in [5, 5.41) is 0.732. The van der Waals surface area contributed by atoms with E-state index in [0.29, 0.717) is 29.1 Å². The van der Waals surface area contributed by atoms with Gasteiger partial charge in [-0.15, -0.1) is 0 Å². The maximum Gasteiger partial charge on any atom is 0.261 e. The normalized spacial score (nSPS) is 15.3. The van der Waals surface area contributed by atoms with Gasteiger partial charge in [0.25, 0.3) is 11.8 Å². The molecule has 0 aliphatic carbocycles. The van der Waals surface area contributed by atoms with Crippen LogP contribution in [-0.4, -0.2) is 56.6 Å². The number of carbonyl (C=O) groups is 2. The van der Waals surface area contributed by atoms with E-state index in [1.165, 1.54) is 4.90 Å². The Labute approximate surface area is 197 Å². The third-order valence-corrected chi connectivity index (χ3v) is 11.4. The van der Waals surface area contributed by atoms with Gasteiger partial charge in [-0.2, -0.15) is 0 Å². The van der Waals surface area contributed by atoms with E-state index in [-0.39, 0.29) is 22.9 Å². The second-order valence-electron chi connectivity index (χ2n) is 10.2. The van der Waals surface area contributed by atoms with Crippen molar-refractivity contribution in [2.75, 3.05) is 20.6 Å². The zero-order valence-electron chi connectivity index (χ0n) is 20.0. The highest BCUT2D eigenvalue weighted by molar-refractivity contribution is 6.74. The fraction of sp³-hybridized carbons (Fsp3) is 0.440. The van der Waals surface area contributed by atoms with Gasteiger partial charge in [-0.05, 0) is 68.5 Å². The van der Waals surface area contributed by atoms with Crippen molar-refractivity contribution in [3.05, 3.63) is 64.2 Å². The van der Waals surface area contributed by atoms with Crippen LogP contribution in [-0.2, 0) is 6.42 Å². The van der Waals surface area contributed by atoms with Gasteiger partial charge in [0.2, 0.25) is 8.32 Å². The first-order chi connectivity index (χ1) is 14.8. The lowest BCUT2D eigenvalue weighted by Crippen LogP contribution is -2.44. The molecule has 0 N–H and O–H groups in total. The van der Waals surface area contributed by atoms with Crippen LogP contribution < -0.4 is 4.43 Å². The monoisotopic (exact) mass is 472 g/mol. The number of nitrogens with zero attached hydrogens (tertiary/aromatic N) is 2. The Morgan fingerprint density at radius 1 is 1.03 bits per heavy atom. The topological polar surface area (TPSA) is 49.9 Å². The maximum atomic E-state index is 12.8. The summed E-state index contributed by atoms with van der Waals surface area (Å²) in [6, 6.07) is 12.7. The summed E-state index contributed by atoms with van der Waals surface area (Å²) in [6.45, 7) is 11.3. The highest BCUT2D eigenvalue weighted by Gasteiger charge is 2.39. The summed E-state index contributed by atoms with van der Waals surface area (Å²) in [4.78, 5) is 29.0. The van der Waals surface area contributed by atoms with E-state index >= 15 is 0 Å². The number of imide groups is 1. The van der Waals surface area contributed by atoms with Crippen LogP contribution in [0.15, 0.2) is 42.5 Å². The van der Waals surface area contributed by atoms with Crippen LogP contribution in [0.25, 0.3) is 0 Å². The molecule has 0 saturated heterocycles. The quantitative estimate of drug-likeness (QED) is 0.394. The lowest BCUT2D eigenvalue weighted by atomic mass is 10.0. The number of rotatable bonds is 7. The van der Waals surface area contributed by atoms with Crippen LogP contribution in [0.3, 0.4) is 0 Å². The average molecular weight is 473 g/mol. The summed E-state index contributed by atoms with van der Waals surface area (Å²) < 4.78 is 6.37. The molecular formula is C25H33ClN2O3Si. The lowest BCUT2D eigenvalue weighted by molar-refractivity contribution is 0.0612. The van der Waals surface area contributed by atoms with Crippen molar-refractivity contribution in [3.63, 3.8) is 0 Å². The highest BCUT2D eigenvalue weighted by atomic mass is 35.5. The Balaban J connectivity index is 1.76. The number of likely N-dealkylation sites (N-methyl/N-ethyl adjacent to an activating group) is 1. The Morgan fingerprint density at radius 3 is 2.06 bits per heavy atom. The number of fused-ring (bicyclic) bond motifs is 1. The number of hydrogen-bond acceptors (Lipinski definition) is 4. The van der Waals surface area contributed by atoms with E-state index < -0.39 is 8.32 Å². The third-order valence-electron chi connectivity index (χ3n) is 6.66. The van der Waals surface area contributed by atoms with Gasteiger partial charge in [0, 0.05) is 17.6 Å². The first-order valence-electron chi connectivity index (χ1n) is 10.9. The molecule has 0 fully saturated rings. The van der Waals surface area contributed by atoms with Crippen molar-refractivity contribution in [1.82, 2.24) is 9.80 Å². The summed E-state index contributed by atoms with van der Waals surface area (Å²) in [5.41, 5.74) is 1.91.